The molecule has 0 saturated carbocycles. The molecule has 0 saturated heterocycles. The van der Waals surface area contributed by atoms with Gasteiger partial charge in [-0.25, -0.2) is 0 Å². The number of aliphatic hydroxyl groups excluding tert-OH is 1. The molecule has 4 nitrogen and oxygen atoms in total. The first kappa shape index (κ1) is 12.7. The van der Waals surface area contributed by atoms with Crippen LogP contribution in [0.3, 0.4) is 0 Å². The lowest BCUT2D eigenvalue weighted by Crippen LogP contribution is -2.19. The number of hydrogen-bond acceptors (Lipinski definition) is 3. The predicted octanol–water partition coefficient (Wildman–Crippen LogP) is -0.0552. The van der Waals surface area contributed by atoms with Crippen LogP contribution in [0.5, 0.6) is 0 Å². The fourth-order valence-electron chi connectivity index (χ4n) is 0.874. The third-order valence-electron chi connectivity index (χ3n) is 1.40. The van der Waals surface area contributed by atoms with Crippen molar-refractivity contribution < 1.29 is 15.0 Å². The zero-order valence-corrected chi connectivity index (χ0v) is 8.23. The molecule has 0 unspecified atom stereocenters. The lowest BCUT2D eigenvalue weighted by atomic mass is 10.5. The Morgan fingerprint density at radius 1 is 1.43 bits per heavy atom. The highest BCUT2D eigenvalue weighted by molar-refractivity contribution is 5.62. The number of hydrogen-bond donors (Lipinski definition) is 2. The molecular weight excluding hydrogens is 182 g/mol. The molecule has 78 valence electrons. The van der Waals surface area contributed by atoms with Crippen molar-refractivity contribution in [3.63, 3.8) is 0 Å². The summed E-state index contributed by atoms with van der Waals surface area (Å²) in [6, 6.07) is 0. The normalized spacial score (nSPS) is 13.9. The largest absolute Gasteiger partial charge is 0.481 e. The van der Waals surface area contributed by atoms with Crippen LogP contribution in [0.25, 0.3) is 0 Å². The number of carboxylic acid groups (broad SMARTS) is 1. The SMILES string of the molecule is CC(=O)O.OCC#CCN1CC=CC1. The van der Waals surface area contributed by atoms with Gasteiger partial charge in [-0.1, -0.05) is 24.0 Å². The Morgan fingerprint density at radius 3 is 2.36 bits per heavy atom. The summed E-state index contributed by atoms with van der Waals surface area (Å²) in [5.41, 5.74) is 0. The minimum absolute atomic E-state index is 0.0265. The molecule has 2 N–H and O–H groups in total. The van der Waals surface area contributed by atoms with Gasteiger partial charge < -0.3 is 10.2 Å². The topological polar surface area (TPSA) is 60.8 Å². The van der Waals surface area contributed by atoms with Crippen LogP contribution in [0.1, 0.15) is 6.92 Å². The van der Waals surface area contributed by atoms with Crippen LogP contribution in [-0.2, 0) is 4.79 Å². The molecule has 0 atom stereocenters. The number of rotatable bonds is 1. The summed E-state index contributed by atoms with van der Waals surface area (Å²) in [7, 11) is 0. The highest BCUT2D eigenvalue weighted by atomic mass is 16.4. The first-order valence-corrected chi connectivity index (χ1v) is 4.30. The molecule has 0 aromatic heterocycles. The van der Waals surface area contributed by atoms with Crippen LogP contribution in [0.2, 0.25) is 0 Å². The van der Waals surface area contributed by atoms with Gasteiger partial charge in [0, 0.05) is 20.0 Å². The smallest absolute Gasteiger partial charge is 0.300 e. The molecule has 1 aliphatic rings. The van der Waals surface area contributed by atoms with E-state index in [9.17, 15) is 0 Å². The lowest BCUT2D eigenvalue weighted by Gasteiger charge is -2.08. The van der Waals surface area contributed by atoms with E-state index in [-0.39, 0.29) is 6.61 Å². The van der Waals surface area contributed by atoms with Gasteiger partial charge in [0.15, 0.2) is 0 Å². The Kier molecular flexibility index (Phi) is 7.52. The second kappa shape index (κ2) is 8.30. The van der Waals surface area contributed by atoms with Gasteiger partial charge in [-0.2, -0.15) is 0 Å². The standard InChI is InChI=1S/C8H11NO.C2H4O2/c10-8-4-3-7-9-5-1-2-6-9;1-2(3)4/h1-2,10H,5-8H2;1H3,(H,3,4). The lowest BCUT2D eigenvalue weighted by molar-refractivity contribution is -0.134. The molecule has 0 radical (unpaired) electrons. The maximum absolute atomic E-state index is 9.00. The van der Waals surface area contributed by atoms with Crippen molar-refractivity contribution in [3.05, 3.63) is 12.2 Å². The van der Waals surface area contributed by atoms with Crippen molar-refractivity contribution in [2.24, 2.45) is 0 Å². The second-order valence-electron chi connectivity index (χ2n) is 2.70. The van der Waals surface area contributed by atoms with E-state index in [0.29, 0.717) is 0 Å². The van der Waals surface area contributed by atoms with E-state index in [2.05, 4.69) is 28.9 Å². The van der Waals surface area contributed by atoms with Gasteiger partial charge in [-0.15, -0.1) is 0 Å². The maximum Gasteiger partial charge on any atom is 0.300 e. The minimum Gasteiger partial charge on any atom is -0.481 e. The highest BCUT2D eigenvalue weighted by Gasteiger charge is 2.01. The van der Waals surface area contributed by atoms with Gasteiger partial charge in [0.25, 0.3) is 5.97 Å². The molecule has 0 aromatic carbocycles. The summed E-state index contributed by atoms with van der Waals surface area (Å²) >= 11 is 0. The Balaban J connectivity index is 0.000000364. The molecule has 1 rings (SSSR count). The van der Waals surface area contributed by atoms with Crippen molar-refractivity contribution in [2.45, 2.75) is 6.92 Å². The van der Waals surface area contributed by atoms with E-state index >= 15 is 0 Å². The van der Waals surface area contributed by atoms with Crippen LogP contribution in [-0.4, -0.2) is 47.3 Å². The van der Waals surface area contributed by atoms with Crippen LogP contribution in [0.15, 0.2) is 12.2 Å². The van der Waals surface area contributed by atoms with Crippen molar-refractivity contribution in [3.8, 4) is 11.8 Å². The van der Waals surface area contributed by atoms with Gasteiger partial charge in [-0.3, -0.25) is 9.69 Å². The number of carbonyl (C=O) groups is 1. The zero-order chi connectivity index (χ0) is 10.8. The summed E-state index contributed by atoms with van der Waals surface area (Å²) in [5, 5.41) is 15.7. The second-order valence-corrected chi connectivity index (χ2v) is 2.70. The molecule has 0 amide bonds. The molecular formula is C10H15NO3. The average molecular weight is 197 g/mol. The van der Waals surface area contributed by atoms with Crippen LogP contribution in [0.4, 0.5) is 0 Å². The van der Waals surface area contributed by atoms with Crippen molar-refractivity contribution in [1.82, 2.24) is 4.90 Å². The fraction of sp³-hybridized carbons (Fsp3) is 0.500. The predicted molar refractivity (Wildman–Crippen MR) is 53.8 cm³/mol. The van der Waals surface area contributed by atoms with Gasteiger partial charge in [0.1, 0.15) is 6.61 Å². The zero-order valence-electron chi connectivity index (χ0n) is 8.23. The van der Waals surface area contributed by atoms with Gasteiger partial charge in [0.05, 0.1) is 6.54 Å². The average Bonchev–Trinajstić information content (AvgIpc) is 2.56. The number of aliphatic hydroxyl groups is 1. The molecule has 0 aromatic rings. The third-order valence-corrected chi connectivity index (χ3v) is 1.40. The number of aliphatic carboxylic acids is 1. The molecule has 4 heteroatoms. The quantitative estimate of drug-likeness (QED) is 0.457. The van der Waals surface area contributed by atoms with E-state index in [1.165, 1.54) is 0 Å². The van der Waals surface area contributed by atoms with Crippen molar-refractivity contribution in [2.75, 3.05) is 26.2 Å². The Labute approximate surface area is 83.8 Å². The minimum atomic E-state index is -0.833. The molecule has 0 aliphatic carbocycles. The van der Waals surface area contributed by atoms with Crippen LogP contribution < -0.4 is 0 Å². The highest BCUT2D eigenvalue weighted by Crippen LogP contribution is 1.95. The first-order valence-electron chi connectivity index (χ1n) is 4.30. The molecule has 14 heavy (non-hydrogen) atoms. The molecule has 0 fully saturated rings. The maximum atomic E-state index is 9.00. The molecule has 0 bridgehead atoms. The summed E-state index contributed by atoms with van der Waals surface area (Å²) in [5.74, 6) is 4.64. The van der Waals surface area contributed by atoms with Gasteiger partial charge in [-0.05, 0) is 0 Å². The Morgan fingerprint density at radius 2 is 1.93 bits per heavy atom. The summed E-state index contributed by atoms with van der Waals surface area (Å²) in [6.45, 7) is 3.83. The van der Waals surface area contributed by atoms with E-state index < -0.39 is 5.97 Å². The summed E-state index contributed by atoms with van der Waals surface area (Å²) < 4.78 is 0. The molecule has 1 heterocycles. The monoisotopic (exact) mass is 197 g/mol. The number of carboxylic acids is 1. The van der Waals surface area contributed by atoms with E-state index in [1.807, 2.05) is 0 Å². The Bertz CT molecular complexity index is 238. The summed E-state index contributed by atoms with van der Waals surface area (Å²) in [4.78, 5) is 11.2. The van der Waals surface area contributed by atoms with Crippen LogP contribution >= 0.6 is 0 Å². The van der Waals surface area contributed by atoms with E-state index in [4.69, 9.17) is 15.0 Å². The molecule has 1 aliphatic heterocycles. The number of nitrogens with zero attached hydrogens (tertiary/aromatic N) is 1. The van der Waals surface area contributed by atoms with E-state index in [1.54, 1.807) is 0 Å². The van der Waals surface area contributed by atoms with Crippen LogP contribution in [0, 0.1) is 11.8 Å². The summed E-state index contributed by atoms with van der Waals surface area (Å²) in [6.07, 6.45) is 4.25. The van der Waals surface area contributed by atoms with Gasteiger partial charge >= 0.3 is 0 Å². The Hall–Kier alpha value is -1.31. The van der Waals surface area contributed by atoms with Crippen molar-refractivity contribution >= 4 is 5.97 Å². The van der Waals surface area contributed by atoms with Gasteiger partial charge in [0.2, 0.25) is 0 Å². The third kappa shape index (κ3) is 8.78. The van der Waals surface area contributed by atoms with Crippen molar-refractivity contribution in [1.29, 1.82) is 0 Å². The first-order chi connectivity index (χ1) is 6.66. The van der Waals surface area contributed by atoms with E-state index in [0.717, 1.165) is 26.6 Å². The molecule has 0 spiro atoms. The fourth-order valence-corrected chi connectivity index (χ4v) is 0.874.